The summed E-state index contributed by atoms with van der Waals surface area (Å²) in [5, 5.41) is 0. The van der Waals surface area contributed by atoms with Crippen molar-refractivity contribution in [2.75, 3.05) is 0 Å². The van der Waals surface area contributed by atoms with Gasteiger partial charge in [0.2, 0.25) is 0 Å². The molecule has 0 fully saturated rings. The summed E-state index contributed by atoms with van der Waals surface area (Å²) in [4.78, 5) is 4.47. The number of benzene rings is 1. The van der Waals surface area contributed by atoms with Crippen LogP contribution in [0, 0.1) is 0 Å². The molecule has 1 heterocycles. The highest BCUT2D eigenvalue weighted by atomic mass is 14.8. The van der Waals surface area contributed by atoms with Gasteiger partial charge in [0.05, 0.1) is 5.69 Å². The monoisotopic (exact) mass is 173 g/mol. The van der Waals surface area contributed by atoms with Crippen molar-refractivity contribution < 1.29 is 0 Å². The molecular weight excluding hydrogens is 158 g/mol. The van der Waals surface area contributed by atoms with Gasteiger partial charge in [0, 0.05) is 12.1 Å². The van der Waals surface area contributed by atoms with Crippen molar-refractivity contribution >= 4 is 11.4 Å². The van der Waals surface area contributed by atoms with Crippen LogP contribution >= 0.6 is 0 Å². The average molecular weight is 173 g/mol. The first-order chi connectivity index (χ1) is 6.16. The molecule has 0 saturated carbocycles. The second-order valence-electron chi connectivity index (χ2n) is 4.07. The van der Waals surface area contributed by atoms with Crippen LogP contribution in [0.15, 0.2) is 23.2 Å². The summed E-state index contributed by atoms with van der Waals surface area (Å²) in [5.74, 6) is 0.617. The van der Waals surface area contributed by atoms with Crippen LogP contribution in [0.25, 0.3) is 0 Å². The first-order valence-electron chi connectivity index (χ1n) is 4.84. The van der Waals surface area contributed by atoms with Gasteiger partial charge in [0.1, 0.15) is 0 Å². The van der Waals surface area contributed by atoms with E-state index in [1.807, 2.05) is 0 Å². The third-order valence-electron chi connectivity index (χ3n) is 2.53. The SMILES string of the molecule is CC1=Nc2ccc(C(C)C)cc2C1. The highest BCUT2D eigenvalue weighted by Gasteiger charge is 2.12. The summed E-state index contributed by atoms with van der Waals surface area (Å²) in [6.07, 6.45) is 1.04. The number of fused-ring (bicyclic) bond motifs is 1. The Hall–Kier alpha value is -1.11. The van der Waals surface area contributed by atoms with Gasteiger partial charge in [-0.2, -0.15) is 0 Å². The normalized spacial score (nSPS) is 14.6. The molecular formula is C12H15N. The Morgan fingerprint density at radius 3 is 2.77 bits per heavy atom. The Morgan fingerprint density at radius 2 is 2.08 bits per heavy atom. The fourth-order valence-corrected chi connectivity index (χ4v) is 1.74. The molecule has 2 rings (SSSR count). The minimum absolute atomic E-state index is 0.617. The summed E-state index contributed by atoms with van der Waals surface area (Å²) in [6, 6.07) is 6.62. The lowest BCUT2D eigenvalue weighted by molar-refractivity contribution is 0.865. The van der Waals surface area contributed by atoms with Crippen LogP contribution in [0.4, 0.5) is 5.69 Å². The molecule has 0 amide bonds. The van der Waals surface area contributed by atoms with Gasteiger partial charge in [-0.15, -0.1) is 0 Å². The predicted molar refractivity (Wildman–Crippen MR) is 57.0 cm³/mol. The van der Waals surface area contributed by atoms with Gasteiger partial charge < -0.3 is 0 Å². The van der Waals surface area contributed by atoms with Crippen LogP contribution < -0.4 is 0 Å². The van der Waals surface area contributed by atoms with E-state index in [0.29, 0.717) is 5.92 Å². The zero-order chi connectivity index (χ0) is 9.42. The largest absolute Gasteiger partial charge is 0.257 e. The van der Waals surface area contributed by atoms with Gasteiger partial charge in [-0.25, -0.2) is 0 Å². The molecule has 13 heavy (non-hydrogen) atoms. The molecule has 0 saturated heterocycles. The van der Waals surface area contributed by atoms with Crippen molar-refractivity contribution in [2.24, 2.45) is 4.99 Å². The molecule has 0 atom stereocenters. The maximum Gasteiger partial charge on any atom is 0.0665 e. The van der Waals surface area contributed by atoms with E-state index in [4.69, 9.17) is 0 Å². The number of nitrogens with zero attached hydrogens (tertiary/aromatic N) is 1. The van der Waals surface area contributed by atoms with E-state index in [-0.39, 0.29) is 0 Å². The molecule has 1 aromatic carbocycles. The van der Waals surface area contributed by atoms with Crippen LogP contribution in [0.3, 0.4) is 0 Å². The first-order valence-corrected chi connectivity index (χ1v) is 4.84. The number of rotatable bonds is 1. The maximum absolute atomic E-state index is 4.47. The Bertz CT molecular complexity index is 361. The third kappa shape index (κ3) is 1.51. The lowest BCUT2D eigenvalue weighted by Gasteiger charge is -2.06. The van der Waals surface area contributed by atoms with Crippen LogP contribution in [0.1, 0.15) is 37.8 Å². The molecule has 1 aliphatic rings. The van der Waals surface area contributed by atoms with Crippen molar-refractivity contribution in [3.63, 3.8) is 0 Å². The van der Waals surface area contributed by atoms with Crippen LogP contribution in [0.5, 0.6) is 0 Å². The van der Waals surface area contributed by atoms with Crippen LogP contribution in [-0.2, 0) is 6.42 Å². The van der Waals surface area contributed by atoms with Crippen molar-refractivity contribution in [3.05, 3.63) is 29.3 Å². The van der Waals surface area contributed by atoms with E-state index >= 15 is 0 Å². The van der Waals surface area contributed by atoms with E-state index in [1.165, 1.54) is 22.5 Å². The Balaban J connectivity index is 2.40. The topological polar surface area (TPSA) is 12.4 Å². The predicted octanol–water partition coefficient (Wildman–Crippen LogP) is 3.46. The van der Waals surface area contributed by atoms with E-state index in [0.717, 1.165) is 6.42 Å². The average Bonchev–Trinajstić information content (AvgIpc) is 2.42. The van der Waals surface area contributed by atoms with Crippen LogP contribution in [0.2, 0.25) is 0 Å². The Morgan fingerprint density at radius 1 is 1.31 bits per heavy atom. The van der Waals surface area contributed by atoms with E-state index < -0.39 is 0 Å². The highest BCUT2D eigenvalue weighted by molar-refractivity contribution is 5.92. The number of hydrogen-bond donors (Lipinski definition) is 0. The Labute approximate surface area is 79.5 Å². The summed E-state index contributed by atoms with van der Waals surface area (Å²) in [7, 11) is 0. The quantitative estimate of drug-likeness (QED) is 0.616. The van der Waals surface area contributed by atoms with Gasteiger partial charge in [0.15, 0.2) is 0 Å². The molecule has 0 radical (unpaired) electrons. The zero-order valence-electron chi connectivity index (χ0n) is 8.46. The fourth-order valence-electron chi connectivity index (χ4n) is 1.74. The van der Waals surface area contributed by atoms with Gasteiger partial charge in [0.25, 0.3) is 0 Å². The molecule has 1 aromatic rings. The molecule has 0 N–H and O–H groups in total. The molecule has 1 nitrogen and oxygen atoms in total. The van der Waals surface area contributed by atoms with Gasteiger partial charge in [-0.05, 0) is 30.0 Å². The summed E-state index contributed by atoms with van der Waals surface area (Å²) in [5.41, 5.74) is 5.21. The van der Waals surface area contributed by atoms with Gasteiger partial charge in [-0.1, -0.05) is 26.0 Å². The van der Waals surface area contributed by atoms with Crippen molar-refractivity contribution in [1.82, 2.24) is 0 Å². The minimum Gasteiger partial charge on any atom is -0.257 e. The van der Waals surface area contributed by atoms with Gasteiger partial charge in [-0.3, -0.25) is 4.99 Å². The Kier molecular flexibility index (Phi) is 1.95. The standard InChI is InChI=1S/C12H15N/c1-8(2)10-4-5-12-11(7-10)6-9(3)13-12/h4-5,7-8H,6H2,1-3H3. The van der Waals surface area contributed by atoms with Gasteiger partial charge >= 0.3 is 0 Å². The lowest BCUT2D eigenvalue weighted by atomic mass is 9.99. The zero-order valence-corrected chi connectivity index (χ0v) is 8.46. The first kappa shape index (κ1) is 8.49. The number of aliphatic imine (C=N–C) groups is 1. The van der Waals surface area contributed by atoms with Crippen molar-refractivity contribution in [2.45, 2.75) is 33.1 Å². The fraction of sp³-hybridized carbons (Fsp3) is 0.417. The summed E-state index contributed by atoms with van der Waals surface area (Å²) in [6.45, 7) is 6.55. The molecule has 0 bridgehead atoms. The minimum atomic E-state index is 0.617. The maximum atomic E-state index is 4.47. The number of hydrogen-bond acceptors (Lipinski definition) is 1. The highest BCUT2D eigenvalue weighted by Crippen LogP contribution is 2.29. The molecule has 1 aliphatic heterocycles. The smallest absolute Gasteiger partial charge is 0.0665 e. The van der Waals surface area contributed by atoms with E-state index in [2.05, 4.69) is 44.0 Å². The van der Waals surface area contributed by atoms with E-state index in [9.17, 15) is 0 Å². The molecule has 68 valence electrons. The molecule has 1 heteroatoms. The van der Waals surface area contributed by atoms with Crippen molar-refractivity contribution in [3.8, 4) is 0 Å². The molecule has 0 aliphatic carbocycles. The molecule has 0 unspecified atom stereocenters. The van der Waals surface area contributed by atoms with E-state index in [1.54, 1.807) is 0 Å². The lowest BCUT2D eigenvalue weighted by Crippen LogP contribution is -1.91. The second kappa shape index (κ2) is 2.99. The summed E-state index contributed by atoms with van der Waals surface area (Å²) >= 11 is 0. The summed E-state index contributed by atoms with van der Waals surface area (Å²) < 4.78 is 0. The van der Waals surface area contributed by atoms with Crippen molar-refractivity contribution in [1.29, 1.82) is 0 Å². The second-order valence-corrected chi connectivity index (χ2v) is 4.07. The molecule has 0 aromatic heterocycles. The van der Waals surface area contributed by atoms with Crippen LogP contribution in [-0.4, -0.2) is 5.71 Å². The molecule has 0 spiro atoms. The third-order valence-corrected chi connectivity index (χ3v) is 2.53.